The number of hydrogen-bond donors (Lipinski definition) is 1. The number of aliphatic hydroxyl groups is 1. The standard InChI is InChI=1S/C21H25N2O/c1-16-11-12-17(2)19(14-16)22-15-21(24,18-8-4-3-5-9-18)23-13-7-6-10-20(22)23/h3-5,8-9,11-12,14,24H,6-7,10,13,15H2,1-2H3/q+1/t21-/m0/s1. The van der Waals surface area contributed by atoms with Crippen molar-refractivity contribution in [1.82, 2.24) is 0 Å². The first-order chi connectivity index (χ1) is 11.6. The van der Waals surface area contributed by atoms with Gasteiger partial charge in [-0.05, 0) is 43.9 Å². The van der Waals surface area contributed by atoms with Gasteiger partial charge in [-0.15, -0.1) is 0 Å². The lowest BCUT2D eigenvalue weighted by molar-refractivity contribution is -0.661. The van der Waals surface area contributed by atoms with Gasteiger partial charge < -0.3 is 5.11 Å². The summed E-state index contributed by atoms with van der Waals surface area (Å²) < 4.78 is 2.23. The molecule has 3 heteroatoms. The number of rotatable bonds is 2. The first-order valence-corrected chi connectivity index (χ1v) is 8.86. The van der Waals surface area contributed by atoms with Gasteiger partial charge in [-0.2, -0.15) is 0 Å². The largest absolute Gasteiger partial charge is 0.346 e. The van der Waals surface area contributed by atoms with Gasteiger partial charge in [-0.25, -0.2) is 9.48 Å². The average molecular weight is 321 g/mol. The topological polar surface area (TPSA) is 26.5 Å². The zero-order valence-corrected chi connectivity index (χ0v) is 14.5. The summed E-state index contributed by atoms with van der Waals surface area (Å²) in [5.74, 6) is 1.27. The minimum absolute atomic E-state index is 0.594. The summed E-state index contributed by atoms with van der Waals surface area (Å²) in [6, 6.07) is 16.7. The number of benzene rings is 2. The normalized spacial score (nSPS) is 23.5. The van der Waals surface area contributed by atoms with Crippen molar-refractivity contribution in [3.8, 4) is 0 Å². The minimum atomic E-state index is -0.937. The summed E-state index contributed by atoms with van der Waals surface area (Å²) in [5.41, 5.74) is 3.79. The van der Waals surface area contributed by atoms with Crippen LogP contribution in [0.4, 0.5) is 5.69 Å². The maximum absolute atomic E-state index is 11.6. The van der Waals surface area contributed by atoms with Crippen LogP contribution >= 0.6 is 0 Å². The van der Waals surface area contributed by atoms with Gasteiger partial charge >= 0.3 is 0 Å². The fourth-order valence-corrected chi connectivity index (χ4v) is 4.08. The van der Waals surface area contributed by atoms with Crippen LogP contribution in [0.3, 0.4) is 0 Å². The SMILES string of the molecule is Cc1ccc(C)c(N2C[C@](O)(c3ccccc3)[N+]3=C2CCCC3)c1. The molecule has 24 heavy (non-hydrogen) atoms. The van der Waals surface area contributed by atoms with E-state index in [9.17, 15) is 5.11 Å². The highest BCUT2D eigenvalue weighted by Gasteiger charge is 2.52. The molecule has 3 nitrogen and oxygen atoms in total. The van der Waals surface area contributed by atoms with Crippen LogP contribution in [0.1, 0.15) is 36.0 Å². The van der Waals surface area contributed by atoms with Gasteiger partial charge in [-0.3, -0.25) is 0 Å². The molecule has 4 rings (SSSR count). The number of hydrogen-bond acceptors (Lipinski definition) is 2. The molecule has 2 aliphatic rings. The lowest BCUT2D eigenvalue weighted by Crippen LogP contribution is -2.41. The highest BCUT2D eigenvalue weighted by Crippen LogP contribution is 2.36. The lowest BCUT2D eigenvalue weighted by Gasteiger charge is -2.24. The predicted octanol–water partition coefficient (Wildman–Crippen LogP) is 3.56. The van der Waals surface area contributed by atoms with Crippen LogP contribution < -0.4 is 4.90 Å². The van der Waals surface area contributed by atoms with E-state index in [0.717, 1.165) is 24.9 Å². The molecule has 0 saturated carbocycles. The van der Waals surface area contributed by atoms with E-state index in [1.807, 2.05) is 30.3 Å². The van der Waals surface area contributed by atoms with Crippen molar-refractivity contribution in [1.29, 1.82) is 0 Å². The highest BCUT2D eigenvalue weighted by atomic mass is 16.3. The van der Waals surface area contributed by atoms with Crippen LogP contribution in [0.5, 0.6) is 0 Å². The van der Waals surface area contributed by atoms with E-state index in [4.69, 9.17) is 0 Å². The third-order valence-electron chi connectivity index (χ3n) is 5.37. The molecule has 0 unspecified atom stereocenters. The van der Waals surface area contributed by atoms with Gasteiger partial charge in [0.1, 0.15) is 5.69 Å². The Bertz CT molecular complexity index is 797. The molecule has 2 heterocycles. The molecule has 0 saturated heterocycles. The van der Waals surface area contributed by atoms with E-state index in [1.165, 1.54) is 29.1 Å². The number of anilines is 1. The Morgan fingerprint density at radius 1 is 1.04 bits per heavy atom. The second kappa shape index (κ2) is 5.75. The minimum Gasteiger partial charge on any atom is -0.346 e. The monoisotopic (exact) mass is 321 g/mol. The summed E-state index contributed by atoms with van der Waals surface area (Å²) in [4.78, 5) is 2.34. The van der Waals surface area contributed by atoms with E-state index in [1.54, 1.807) is 0 Å². The first kappa shape index (κ1) is 15.4. The van der Waals surface area contributed by atoms with Crippen LogP contribution in [0.2, 0.25) is 0 Å². The number of amidine groups is 1. The van der Waals surface area contributed by atoms with Crippen LogP contribution in [-0.4, -0.2) is 28.6 Å². The molecular weight excluding hydrogens is 296 g/mol. The van der Waals surface area contributed by atoms with Crippen molar-refractivity contribution >= 4 is 11.5 Å². The molecule has 0 amide bonds. The Hall–Kier alpha value is -2.13. The Kier molecular flexibility index (Phi) is 3.69. The number of β-amino-alcohol motifs (C(OH)–C–C–N with tert-alkyl or cyclic N) is 1. The summed E-state index contributed by atoms with van der Waals surface area (Å²) >= 11 is 0. The van der Waals surface area contributed by atoms with E-state index >= 15 is 0 Å². The first-order valence-electron chi connectivity index (χ1n) is 8.86. The molecular formula is C21H25N2O+. The van der Waals surface area contributed by atoms with Gasteiger partial charge in [0.15, 0.2) is 6.54 Å². The van der Waals surface area contributed by atoms with Gasteiger partial charge in [-0.1, -0.05) is 42.5 Å². The molecule has 0 radical (unpaired) electrons. The number of aryl methyl sites for hydroxylation is 2. The van der Waals surface area contributed by atoms with Crippen molar-refractivity contribution in [2.24, 2.45) is 0 Å². The van der Waals surface area contributed by atoms with Crippen molar-refractivity contribution in [2.75, 3.05) is 18.0 Å². The summed E-state index contributed by atoms with van der Waals surface area (Å²) in [6.07, 6.45) is 3.36. The van der Waals surface area contributed by atoms with E-state index < -0.39 is 5.72 Å². The van der Waals surface area contributed by atoms with Gasteiger partial charge in [0.25, 0.3) is 11.6 Å². The molecule has 1 atom stereocenters. The molecule has 124 valence electrons. The Labute approximate surface area is 143 Å². The molecule has 0 aromatic heterocycles. The molecule has 1 N–H and O–H groups in total. The fraction of sp³-hybridized carbons (Fsp3) is 0.381. The third kappa shape index (κ3) is 2.35. The van der Waals surface area contributed by atoms with E-state index in [0.29, 0.717) is 6.54 Å². The van der Waals surface area contributed by atoms with E-state index in [-0.39, 0.29) is 0 Å². The summed E-state index contributed by atoms with van der Waals surface area (Å²) in [7, 11) is 0. The van der Waals surface area contributed by atoms with Crippen LogP contribution in [0.15, 0.2) is 48.5 Å². The summed E-state index contributed by atoms with van der Waals surface area (Å²) in [5, 5.41) is 11.6. The maximum atomic E-state index is 11.6. The molecule has 2 aromatic rings. The van der Waals surface area contributed by atoms with Crippen LogP contribution in [0, 0.1) is 13.8 Å². The van der Waals surface area contributed by atoms with E-state index in [2.05, 4.69) is 41.5 Å². The highest BCUT2D eigenvalue weighted by molar-refractivity contribution is 5.96. The molecule has 0 aliphatic carbocycles. The van der Waals surface area contributed by atoms with Gasteiger partial charge in [0.05, 0.1) is 6.54 Å². The Morgan fingerprint density at radius 3 is 2.62 bits per heavy atom. The average Bonchev–Trinajstić information content (AvgIpc) is 2.92. The molecule has 0 bridgehead atoms. The predicted molar refractivity (Wildman–Crippen MR) is 97.6 cm³/mol. The lowest BCUT2D eigenvalue weighted by atomic mass is 10.0. The van der Waals surface area contributed by atoms with Crippen LogP contribution in [0.25, 0.3) is 0 Å². The zero-order valence-electron chi connectivity index (χ0n) is 14.5. The second-order valence-corrected chi connectivity index (χ2v) is 7.08. The fourth-order valence-electron chi connectivity index (χ4n) is 4.08. The number of nitrogens with zero attached hydrogens (tertiary/aromatic N) is 2. The van der Waals surface area contributed by atoms with Crippen molar-refractivity contribution < 1.29 is 9.68 Å². The Morgan fingerprint density at radius 2 is 1.83 bits per heavy atom. The van der Waals surface area contributed by atoms with Crippen molar-refractivity contribution in [3.05, 3.63) is 65.2 Å². The smallest absolute Gasteiger partial charge is 0.271 e. The molecule has 0 spiro atoms. The zero-order chi connectivity index (χ0) is 16.7. The van der Waals surface area contributed by atoms with Crippen molar-refractivity contribution in [2.45, 2.75) is 38.8 Å². The second-order valence-electron chi connectivity index (χ2n) is 7.08. The van der Waals surface area contributed by atoms with Gasteiger partial charge in [0.2, 0.25) is 0 Å². The molecule has 0 fully saturated rings. The molecule has 2 aliphatic heterocycles. The van der Waals surface area contributed by atoms with Crippen LogP contribution in [-0.2, 0) is 5.72 Å². The van der Waals surface area contributed by atoms with Crippen molar-refractivity contribution in [3.63, 3.8) is 0 Å². The Balaban J connectivity index is 1.84. The van der Waals surface area contributed by atoms with Gasteiger partial charge in [0, 0.05) is 12.0 Å². The maximum Gasteiger partial charge on any atom is 0.271 e. The molecule has 2 aromatic carbocycles. The summed E-state index contributed by atoms with van der Waals surface area (Å²) in [6.45, 7) is 5.80. The quantitative estimate of drug-likeness (QED) is 0.856. The third-order valence-corrected chi connectivity index (χ3v) is 5.37.